The summed E-state index contributed by atoms with van der Waals surface area (Å²) in [4.78, 5) is 3.91. The summed E-state index contributed by atoms with van der Waals surface area (Å²) in [6, 6.07) is 1.93. The zero-order chi connectivity index (χ0) is 11.5. The molecule has 0 bridgehead atoms. The maximum Gasteiger partial charge on any atom is 0.388 e. The van der Waals surface area contributed by atoms with Crippen molar-refractivity contribution in [3.8, 4) is 5.88 Å². The molecule has 1 aliphatic carbocycles. The Kier molecular flexibility index (Phi) is 3.36. The molecule has 0 N–H and O–H groups in total. The lowest BCUT2D eigenvalue weighted by Gasteiger charge is -2.12. The minimum atomic E-state index is -2.79. The van der Waals surface area contributed by atoms with Gasteiger partial charge in [0, 0.05) is 11.8 Å². The number of hydrogen-bond acceptors (Lipinski definition) is 2. The van der Waals surface area contributed by atoms with Crippen molar-refractivity contribution >= 4 is 0 Å². The van der Waals surface area contributed by atoms with E-state index in [2.05, 4.69) is 9.72 Å². The van der Waals surface area contributed by atoms with Crippen LogP contribution in [-0.2, 0) is 6.42 Å². The maximum absolute atomic E-state index is 12.2. The van der Waals surface area contributed by atoms with E-state index in [1.165, 1.54) is 0 Å². The van der Waals surface area contributed by atoms with Gasteiger partial charge in [0.05, 0.1) is 0 Å². The predicted octanol–water partition coefficient (Wildman–Crippen LogP) is 3.51. The third-order valence-corrected chi connectivity index (χ3v) is 2.77. The quantitative estimate of drug-likeness (QED) is 0.767. The van der Waals surface area contributed by atoms with Gasteiger partial charge in [-0.05, 0) is 36.8 Å². The van der Waals surface area contributed by atoms with Crippen LogP contribution >= 0.6 is 0 Å². The largest absolute Gasteiger partial charge is 0.417 e. The Labute approximate surface area is 93.6 Å². The molecule has 0 atom stereocenters. The first-order valence-corrected chi connectivity index (χ1v) is 5.65. The average molecular weight is 227 g/mol. The SMILES string of the molecule is CCCc1c(C2CC2)ccnc1OC(F)F. The first-order chi connectivity index (χ1) is 7.72. The third-order valence-electron chi connectivity index (χ3n) is 2.77. The number of ether oxygens (including phenoxy) is 1. The van der Waals surface area contributed by atoms with E-state index in [4.69, 9.17) is 0 Å². The van der Waals surface area contributed by atoms with Gasteiger partial charge in [0.25, 0.3) is 0 Å². The smallest absolute Gasteiger partial charge is 0.388 e. The molecule has 1 fully saturated rings. The van der Waals surface area contributed by atoms with E-state index in [0.717, 1.165) is 36.8 Å². The zero-order valence-electron chi connectivity index (χ0n) is 9.25. The van der Waals surface area contributed by atoms with Gasteiger partial charge in [-0.3, -0.25) is 0 Å². The molecule has 0 spiro atoms. The summed E-state index contributed by atoms with van der Waals surface area (Å²) in [5.74, 6) is 0.644. The fraction of sp³-hybridized carbons (Fsp3) is 0.583. The van der Waals surface area contributed by atoms with Crippen molar-refractivity contribution in [1.29, 1.82) is 0 Å². The van der Waals surface area contributed by atoms with Crippen LogP contribution in [0.25, 0.3) is 0 Å². The molecule has 0 amide bonds. The van der Waals surface area contributed by atoms with Crippen LogP contribution < -0.4 is 4.74 Å². The van der Waals surface area contributed by atoms with Gasteiger partial charge in [-0.15, -0.1) is 0 Å². The number of nitrogens with zero attached hydrogens (tertiary/aromatic N) is 1. The highest BCUT2D eigenvalue weighted by molar-refractivity contribution is 5.39. The number of rotatable bonds is 5. The molecule has 4 heteroatoms. The topological polar surface area (TPSA) is 22.1 Å². The molecule has 0 radical (unpaired) electrons. The third kappa shape index (κ3) is 2.49. The first kappa shape index (κ1) is 11.3. The number of alkyl halides is 2. The lowest BCUT2D eigenvalue weighted by atomic mass is 10.0. The van der Waals surface area contributed by atoms with Gasteiger partial charge in [-0.1, -0.05) is 13.3 Å². The van der Waals surface area contributed by atoms with Gasteiger partial charge < -0.3 is 4.74 Å². The first-order valence-electron chi connectivity index (χ1n) is 5.65. The molecule has 1 aromatic rings. The normalized spacial score (nSPS) is 15.5. The Morgan fingerprint density at radius 2 is 2.25 bits per heavy atom. The monoisotopic (exact) mass is 227 g/mol. The van der Waals surface area contributed by atoms with E-state index in [1.54, 1.807) is 6.20 Å². The summed E-state index contributed by atoms with van der Waals surface area (Å²) in [6.45, 7) is -0.770. The molecule has 1 heterocycles. The highest BCUT2D eigenvalue weighted by atomic mass is 19.3. The lowest BCUT2D eigenvalue weighted by Crippen LogP contribution is -2.08. The predicted molar refractivity (Wildman–Crippen MR) is 56.8 cm³/mol. The summed E-state index contributed by atoms with van der Waals surface area (Å²) in [5, 5.41) is 0. The molecule has 0 unspecified atom stereocenters. The van der Waals surface area contributed by atoms with Crippen molar-refractivity contribution in [3.05, 3.63) is 23.4 Å². The molecule has 0 aliphatic heterocycles. The minimum Gasteiger partial charge on any atom is -0.417 e. The van der Waals surface area contributed by atoms with Crippen LogP contribution in [0.1, 0.15) is 43.2 Å². The highest BCUT2D eigenvalue weighted by Gasteiger charge is 2.28. The fourth-order valence-electron chi connectivity index (χ4n) is 1.95. The Morgan fingerprint density at radius 3 is 2.81 bits per heavy atom. The van der Waals surface area contributed by atoms with Gasteiger partial charge in [0.15, 0.2) is 0 Å². The number of aromatic nitrogens is 1. The molecular formula is C12H15F2NO. The standard InChI is InChI=1S/C12H15F2NO/c1-2-3-10-9(8-4-5-8)6-7-15-11(10)16-12(13)14/h6-8,12H,2-5H2,1H3. The van der Waals surface area contributed by atoms with E-state index >= 15 is 0 Å². The number of hydrogen-bond donors (Lipinski definition) is 0. The molecule has 2 rings (SSSR count). The van der Waals surface area contributed by atoms with E-state index < -0.39 is 6.61 Å². The van der Waals surface area contributed by atoms with E-state index in [-0.39, 0.29) is 5.88 Å². The Morgan fingerprint density at radius 1 is 1.50 bits per heavy atom. The molecule has 0 aromatic carbocycles. The van der Waals surface area contributed by atoms with Crippen LogP contribution in [0.5, 0.6) is 5.88 Å². The second-order valence-electron chi connectivity index (χ2n) is 4.09. The maximum atomic E-state index is 12.2. The molecule has 2 nitrogen and oxygen atoms in total. The Balaban J connectivity index is 2.30. The second-order valence-corrected chi connectivity index (χ2v) is 4.09. The van der Waals surface area contributed by atoms with E-state index in [1.807, 2.05) is 13.0 Å². The van der Waals surface area contributed by atoms with Crippen molar-refractivity contribution in [1.82, 2.24) is 4.98 Å². The highest BCUT2D eigenvalue weighted by Crippen LogP contribution is 2.43. The van der Waals surface area contributed by atoms with Crippen molar-refractivity contribution < 1.29 is 13.5 Å². The zero-order valence-corrected chi connectivity index (χ0v) is 9.25. The molecule has 1 aromatic heterocycles. The molecule has 1 aliphatic rings. The van der Waals surface area contributed by atoms with Crippen molar-refractivity contribution in [3.63, 3.8) is 0 Å². The fourth-order valence-corrected chi connectivity index (χ4v) is 1.95. The number of pyridine rings is 1. The minimum absolute atomic E-state index is 0.112. The summed E-state index contributed by atoms with van der Waals surface area (Å²) >= 11 is 0. The van der Waals surface area contributed by atoms with Crippen LogP contribution in [0.3, 0.4) is 0 Å². The molecule has 16 heavy (non-hydrogen) atoms. The lowest BCUT2D eigenvalue weighted by molar-refractivity contribution is -0.0535. The van der Waals surface area contributed by atoms with Crippen LogP contribution in [0, 0.1) is 0 Å². The van der Waals surface area contributed by atoms with Crippen molar-refractivity contribution in [2.75, 3.05) is 0 Å². The van der Waals surface area contributed by atoms with Crippen LogP contribution in [0.2, 0.25) is 0 Å². The molecule has 0 saturated heterocycles. The summed E-state index contributed by atoms with van der Waals surface area (Å²) in [7, 11) is 0. The summed E-state index contributed by atoms with van der Waals surface area (Å²) in [5.41, 5.74) is 2.01. The molecule has 1 saturated carbocycles. The number of halogens is 2. The van der Waals surface area contributed by atoms with Gasteiger partial charge >= 0.3 is 6.61 Å². The average Bonchev–Trinajstić information content (AvgIpc) is 3.03. The Hall–Kier alpha value is -1.19. The van der Waals surface area contributed by atoms with E-state index in [9.17, 15) is 8.78 Å². The van der Waals surface area contributed by atoms with Crippen molar-refractivity contribution in [2.24, 2.45) is 0 Å². The van der Waals surface area contributed by atoms with Gasteiger partial charge in [-0.2, -0.15) is 8.78 Å². The second kappa shape index (κ2) is 4.76. The summed E-state index contributed by atoms with van der Waals surface area (Å²) < 4.78 is 28.9. The van der Waals surface area contributed by atoms with Crippen LogP contribution in [0.4, 0.5) is 8.78 Å². The molecule has 88 valence electrons. The van der Waals surface area contributed by atoms with Crippen molar-refractivity contribution in [2.45, 2.75) is 45.1 Å². The van der Waals surface area contributed by atoms with Gasteiger partial charge in [0.2, 0.25) is 5.88 Å². The van der Waals surface area contributed by atoms with Gasteiger partial charge in [-0.25, -0.2) is 4.98 Å². The molecular weight excluding hydrogens is 212 g/mol. The van der Waals surface area contributed by atoms with Crippen LogP contribution in [-0.4, -0.2) is 11.6 Å². The van der Waals surface area contributed by atoms with E-state index in [0.29, 0.717) is 5.92 Å². The Bertz CT molecular complexity index is 364. The van der Waals surface area contributed by atoms with Gasteiger partial charge in [0.1, 0.15) is 0 Å². The van der Waals surface area contributed by atoms with Crippen LogP contribution in [0.15, 0.2) is 12.3 Å². The summed E-state index contributed by atoms with van der Waals surface area (Å²) in [6.07, 6.45) is 5.51.